The molecule has 0 aromatic heterocycles. The van der Waals surface area contributed by atoms with Gasteiger partial charge in [-0.05, 0) is 17.7 Å². The molecule has 1 N–H and O–H groups in total. The van der Waals surface area contributed by atoms with Crippen LogP contribution in [-0.4, -0.2) is 11.1 Å². The minimum atomic E-state index is -1.08. The van der Waals surface area contributed by atoms with Crippen molar-refractivity contribution in [1.29, 1.82) is 0 Å². The number of hydrogen-bond donors (Lipinski definition) is 1. The number of carbonyl (C=O) groups is 1. The molecule has 0 aliphatic carbocycles. The lowest BCUT2D eigenvalue weighted by Gasteiger charge is -2.01. The van der Waals surface area contributed by atoms with E-state index in [-0.39, 0.29) is 5.56 Å². The van der Waals surface area contributed by atoms with Crippen LogP contribution in [0.4, 0.5) is 4.39 Å². The van der Waals surface area contributed by atoms with Crippen LogP contribution in [0.5, 0.6) is 0 Å². The predicted octanol–water partition coefficient (Wildman–Crippen LogP) is 2.46. The quantitative estimate of drug-likeness (QED) is 0.667. The summed E-state index contributed by atoms with van der Waals surface area (Å²) >= 11 is 2.04. The third kappa shape index (κ3) is 1.94. The van der Waals surface area contributed by atoms with Crippen molar-refractivity contribution in [1.82, 2.24) is 0 Å². The van der Waals surface area contributed by atoms with E-state index in [1.54, 1.807) is 0 Å². The second-order valence-electron chi connectivity index (χ2n) is 2.24. The highest BCUT2D eigenvalue weighted by atomic mass is 127. The first-order chi connectivity index (χ1) is 5.65. The number of halogens is 2. The van der Waals surface area contributed by atoms with Crippen molar-refractivity contribution in [3.8, 4) is 0 Å². The van der Waals surface area contributed by atoms with E-state index in [0.717, 1.165) is 6.07 Å². The standard InChI is InChI=1S/C8H6FIO2/c9-6-2-1-5(4-10)7(3-6)8(11)12/h1-3H,4H2,(H,11,12). The molecule has 0 spiro atoms. The van der Waals surface area contributed by atoms with E-state index in [2.05, 4.69) is 0 Å². The zero-order valence-electron chi connectivity index (χ0n) is 6.05. The van der Waals surface area contributed by atoms with Crippen LogP contribution >= 0.6 is 22.6 Å². The number of carboxylic acid groups (broad SMARTS) is 1. The lowest BCUT2D eigenvalue weighted by molar-refractivity contribution is 0.0695. The van der Waals surface area contributed by atoms with Gasteiger partial charge in [-0.3, -0.25) is 0 Å². The Morgan fingerprint density at radius 1 is 1.58 bits per heavy atom. The normalized spacial score (nSPS) is 9.83. The lowest BCUT2D eigenvalue weighted by atomic mass is 10.1. The van der Waals surface area contributed by atoms with Crippen molar-refractivity contribution in [3.05, 3.63) is 35.1 Å². The molecule has 0 saturated carbocycles. The van der Waals surface area contributed by atoms with Crippen LogP contribution in [0.1, 0.15) is 15.9 Å². The molecule has 0 unspecified atom stereocenters. The SMILES string of the molecule is O=C(O)c1cc(F)ccc1CI. The van der Waals surface area contributed by atoms with Crippen molar-refractivity contribution >= 4 is 28.6 Å². The van der Waals surface area contributed by atoms with E-state index < -0.39 is 11.8 Å². The van der Waals surface area contributed by atoms with Gasteiger partial charge in [0.25, 0.3) is 0 Å². The molecule has 0 fully saturated rings. The van der Waals surface area contributed by atoms with Gasteiger partial charge in [0, 0.05) is 4.43 Å². The lowest BCUT2D eigenvalue weighted by Crippen LogP contribution is -2.01. The van der Waals surface area contributed by atoms with Crippen LogP contribution < -0.4 is 0 Å². The summed E-state index contributed by atoms with van der Waals surface area (Å²) in [5.41, 5.74) is 0.689. The van der Waals surface area contributed by atoms with Gasteiger partial charge in [0.15, 0.2) is 0 Å². The number of carboxylic acids is 1. The molecule has 4 heteroatoms. The minimum Gasteiger partial charge on any atom is -0.478 e. The second kappa shape index (κ2) is 3.84. The van der Waals surface area contributed by atoms with Crippen molar-refractivity contribution in [2.24, 2.45) is 0 Å². The predicted molar refractivity (Wildman–Crippen MR) is 51.1 cm³/mol. The summed E-state index contributed by atoms with van der Waals surface area (Å²) in [6.07, 6.45) is 0. The molecule has 12 heavy (non-hydrogen) atoms. The molecule has 64 valence electrons. The summed E-state index contributed by atoms with van der Waals surface area (Å²) < 4.78 is 13.1. The minimum absolute atomic E-state index is 0.0457. The maximum absolute atomic E-state index is 12.6. The number of aromatic carboxylic acids is 1. The van der Waals surface area contributed by atoms with Crippen LogP contribution in [-0.2, 0) is 4.43 Å². The Balaban J connectivity index is 3.21. The Kier molecular flexibility index (Phi) is 3.02. The van der Waals surface area contributed by atoms with Gasteiger partial charge in [0.2, 0.25) is 0 Å². The Bertz CT molecular complexity index is 312. The average Bonchev–Trinajstić information content (AvgIpc) is 2.04. The highest BCUT2D eigenvalue weighted by Gasteiger charge is 2.09. The first kappa shape index (κ1) is 9.44. The molecular weight excluding hydrogens is 274 g/mol. The Morgan fingerprint density at radius 3 is 2.75 bits per heavy atom. The van der Waals surface area contributed by atoms with E-state index in [9.17, 15) is 9.18 Å². The van der Waals surface area contributed by atoms with Gasteiger partial charge >= 0.3 is 5.97 Å². The van der Waals surface area contributed by atoms with Crippen LogP contribution in [0.25, 0.3) is 0 Å². The second-order valence-corrected chi connectivity index (χ2v) is 3.00. The van der Waals surface area contributed by atoms with Crippen molar-refractivity contribution < 1.29 is 14.3 Å². The van der Waals surface area contributed by atoms with Crippen molar-refractivity contribution in [3.63, 3.8) is 0 Å². The van der Waals surface area contributed by atoms with Gasteiger partial charge in [-0.15, -0.1) is 0 Å². The molecule has 2 nitrogen and oxygen atoms in total. The fourth-order valence-electron chi connectivity index (χ4n) is 0.864. The van der Waals surface area contributed by atoms with Gasteiger partial charge in [-0.1, -0.05) is 28.7 Å². The summed E-state index contributed by atoms with van der Waals surface area (Å²) in [5.74, 6) is -1.60. The molecule has 0 amide bonds. The molecule has 0 atom stereocenters. The summed E-state index contributed by atoms with van der Waals surface area (Å²) in [5, 5.41) is 8.65. The highest BCUT2D eigenvalue weighted by Crippen LogP contribution is 2.14. The maximum atomic E-state index is 12.6. The van der Waals surface area contributed by atoms with E-state index in [0.29, 0.717) is 9.99 Å². The number of hydrogen-bond acceptors (Lipinski definition) is 1. The van der Waals surface area contributed by atoms with E-state index in [4.69, 9.17) is 5.11 Å². The molecule has 1 aromatic rings. The Labute approximate surface area is 82.5 Å². The topological polar surface area (TPSA) is 37.3 Å². The van der Waals surface area contributed by atoms with Crippen molar-refractivity contribution in [2.45, 2.75) is 4.43 Å². The molecule has 0 aliphatic heterocycles. The van der Waals surface area contributed by atoms with Crippen LogP contribution in [0, 0.1) is 5.82 Å². The summed E-state index contributed by atoms with van der Waals surface area (Å²) in [6.45, 7) is 0. The summed E-state index contributed by atoms with van der Waals surface area (Å²) in [4.78, 5) is 10.6. The largest absolute Gasteiger partial charge is 0.478 e. The molecule has 1 rings (SSSR count). The van der Waals surface area contributed by atoms with Crippen LogP contribution in [0.2, 0.25) is 0 Å². The smallest absolute Gasteiger partial charge is 0.336 e. The molecular formula is C8H6FIO2. The molecule has 0 saturated heterocycles. The molecule has 1 aromatic carbocycles. The zero-order chi connectivity index (χ0) is 9.14. The van der Waals surface area contributed by atoms with Gasteiger partial charge in [-0.25, -0.2) is 9.18 Å². The monoisotopic (exact) mass is 280 g/mol. The van der Waals surface area contributed by atoms with Gasteiger partial charge in [0.1, 0.15) is 5.82 Å². The Morgan fingerprint density at radius 2 is 2.25 bits per heavy atom. The van der Waals surface area contributed by atoms with Crippen molar-refractivity contribution in [2.75, 3.05) is 0 Å². The molecule has 0 aliphatic rings. The number of benzene rings is 1. The molecule has 0 heterocycles. The molecule has 0 radical (unpaired) electrons. The molecule has 0 bridgehead atoms. The van der Waals surface area contributed by atoms with Crippen LogP contribution in [0.15, 0.2) is 18.2 Å². The summed E-state index contributed by atoms with van der Waals surface area (Å²) in [7, 11) is 0. The summed E-state index contributed by atoms with van der Waals surface area (Å²) in [6, 6.07) is 3.79. The van der Waals surface area contributed by atoms with Gasteiger partial charge < -0.3 is 5.11 Å². The Hall–Kier alpha value is -0.650. The maximum Gasteiger partial charge on any atom is 0.336 e. The number of rotatable bonds is 2. The van der Waals surface area contributed by atoms with Crippen LogP contribution in [0.3, 0.4) is 0 Å². The first-order valence-electron chi connectivity index (χ1n) is 3.23. The van der Waals surface area contributed by atoms with Gasteiger partial charge in [-0.2, -0.15) is 0 Å². The van der Waals surface area contributed by atoms with Gasteiger partial charge in [0.05, 0.1) is 5.56 Å². The zero-order valence-corrected chi connectivity index (χ0v) is 8.21. The fourth-order valence-corrected chi connectivity index (χ4v) is 1.53. The van der Waals surface area contributed by atoms with E-state index in [1.165, 1.54) is 12.1 Å². The number of alkyl halides is 1. The highest BCUT2D eigenvalue weighted by molar-refractivity contribution is 14.1. The van der Waals surface area contributed by atoms with E-state index >= 15 is 0 Å². The third-order valence-corrected chi connectivity index (χ3v) is 2.27. The fraction of sp³-hybridized carbons (Fsp3) is 0.125. The third-order valence-electron chi connectivity index (χ3n) is 1.45. The first-order valence-corrected chi connectivity index (χ1v) is 4.75. The average molecular weight is 280 g/mol. The van der Waals surface area contributed by atoms with E-state index in [1.807, 2.05) is 22.6 Å².